The van der Waals surface area contributed by atoms with E-state index < -0.39 is 24.4 Å². The van der Waals surface area contributed by atoms with Crippen molar-refractivity contribution in [3.63, 3.8) is 0 Å². The van der Waals surface area contributed by atoms with Crippen LogP contribution >= 0.6 is 0 Å². The van der Waals surface area contributed by atoms with Crippen LogP contribution in [-0.2, 0) is 4.74 Å². The topological polar surface area (TPSA) is 124 Å². The molecule has 0 spiro atoms. The Morgan fingerprint density at radius 2 is 0.764 bits per heavy atom. The third-order valence-electron chi connectivity index (χ3n) is 10.1. The lowest BCUT2D eigenvalue weighted by atomic mass is 9.85. The number of methoxy groups -OCH3 is 6. The van der Waals surface area contributed by atoms with Crippen molar-refractivity contribution in [3.05, 3.63) is 95.1 Å². The molecule has 1 fully saturated rings. The molecule has 0 aliphatic carbocycles. The Balaban J connectivity index is 0.00000331. The van der Waals surface area contributed by atoms with Gasteiger partial charge < -0.3 is 52.8 Å². The highest BCUT2D eigenvalue weighted by atomic mass is 16.5. The third-order valence-corrected chi connectivity index (χ3v) is 10.1. The molecule has 8 unspecified atom stereocenters. The summed E-state index contributed by atoms with van der Waals surface area (Å²) >= 11 is 0. The summed E-state index contributed by atoms with van der Waals surface area (Å²) in [6, 6.07) is 22.1. The van der Waals surface area contributed by atoms with Gasteiger partial charge in [-0.05, 0) is 96.5 Å². The monoisotopic (exact) mass is 762 g/mol. The molecule has 0 saturated carbocycles. The Hall–Kier alpha value is -4.84. The summed E-state index contributed by atoms with van der Waals surface area (Å²) in [5.41, 5.74) is 3.18. The molecule has 0 bridgehead atoms. The average molecular weight is 763 g/mol. The molecular weight excluding hydrogens is 704 g/mol. The lowest BCUT2D eigenvalue weighted by Gasteiger charge is -2.24. The summed E-state index contributed by atoms with van der Waals surface area (Å²) < 4.78 is 52.2. The summed E-state index contributed by atoms with van der Waals surface area (Å²) in [4.78, 5) is 0. The van der Waals surface area contributed by atoms with Crippen molar-refractivity contribution < 1.29 is 52.8 Å². The number of aliphatic hydroxyl groups excluding tert-OH is 2. The van der Waals surface area contributed by atoms with E-state index in [0.717, 1.165) is 11.1 Å². The minimum absolute atomic E-state index is 0.167. The van der Waals surface area contributed by atoms with Crippen molar-refractivity contribution >= 4 is 0 Å². The van der Waals surface area contributed by atoms with Gasteiger partial charge in [-0.1, -0.05) is 52.0 Å². The Morgan fingerprint density at radius 3 is 1.09 bits per heavy atom. The van der Waals surface area contributed by atoms with E-state index in [2.05, 4.69) is 13.8 Å². The Morgan fingerprint density at radius 1 is 0.455 bits per heavy atom. The third kappa shape index (κ3) is 9.52. The van der Waals surface area contributed by atoms with Gasteiger partial charge in [0.15, 0.2) is 46.0 Å². The van der Waals surface area contributed by atoms with Gasteiger partial charge in [0, 0.05) is 0 Å². The van der Waals surface area contributed by atoms with Crippen LogP contribution in [0.4, 0.5) is 0 Å². The Labute approximate surface area is 326 Å². The smallest absolute Gasteiger partial charge is 0.161 e. The molecule has 11 heteroatoms. The maximum Gasteiger partial charge on any atom is 0.161 e. The van der Waals surface area contributed by atoms with Crippen LogP contribution in [0.5, 0.6) is 46.0 Å². The van der Waals surface area contributed by atoms with Gasteiger partial charge in [-0.25, -0.2) is 0 Å². The molecule has 1 aliphatic heterocycles. The van der Waals surface area contributed by atoms with Gasteiger partial charge in [-0.3, -0.25) is 0 Å². The van der Waals surface area contributed by atoms with Crippen molar-refractivity contribution in [2.24, 2.45) is 11.8 Å². The second-order valence-corrected chi connectivity index (χ2v) is 13.3. The lowest BCUT2D eigenvalue weighted by molar-refractivity contribution is 0.0281. The van der Waals surface area contributed by atoms with Gasteiger partial charge in [-0.2, -0.15) is 0 Å². The molecule has 5 rings (SSSR count). The second kappa shape index (κ2) is 19.7. The van der Waals surface area contributed by atoms with E-state index in [-0.39, 0.29) is 24.0 Å². The molecule has 0 radical (unpaired) electrons. The minimum Gasteiger partial charge on any atom is -0.493 e. The number of rotatable bonds is 16. The first-order valence-corrected chi connectivity index (χ1v) is 18.6. The first-order chi connectivity index (χ1) is 26.5. The molecule has 11 nitrogen and oxygen atoms in total. The normalized spacial score (nSPS) is 19.8. The van der Waals surface area contributed by atoms with Crippen LogP contribution in [0.3, 0.4) is 0 Å². The van der Waals surface area contributed by atoms with E-state index >= 15 is 0 Å². The Kier molecular flexibility index (Phi) is 15.3. The van der Waals surface area contributed by atoms with Gasteiger partial charge in [0.05, 0.1) is 54.9 Å². The van der Waals surface area contributed by atoms with Crippen LogP contribution in [0.2, 0.25) is 0 Å². The van der Waals surface area contributed by atoms with Crippen LogP contribution in [0.1, 0.15) is 88.2 Å². The average Bonchev–Trinajstić information content (AvgIpc) is 3.53. The predicted octanol–water partition coefficient (Wildman–Crippen LogP) is 8.85. The first kappa shape index (κ1) is 42.9. The first-order valence-electron chi connectivity index (χ1n) is 18.6. The highest BCUT2D eigenvalue weighted by Gasteiger charge is 2.41. The molecule has 0 amide bonds. The van der Waals surface area contributed by atoms with E-state index in [1.165, 1.54) is 0 Å². The number of benzene rings is 4. The fourth-order valence-corrected chi connectivity index (χ4v) is 6.78. The summed E-state index contributed by atoms with van der Waals surface area (Å²) in [7, 11) is 9.43. The van der Waals surface area contributed by atoms with Crippen LogP contribution in [0, 0.1) is 11.8 Å². The highest BCUT2D eigenvalue weighted by molar-refractivity contribution is 5.48. The van der Waals surface area contributed by atoms with Crippen LogP contribution < -0.4 is 37.9 Å². The van der Waals surface area contributed by atoms with Gasteiger partial charge in [-0.15, -0.1) is 0 Å². The Bertz CT molecular complexity index is 1700. The van der Waals surface area contributed by atoms with Crippen LogP contribution in [0.15, 0.2) is 72.8 Å². The molecule has 2 N–H and O–H groups in total. The largest absolute Gasteiger partial charge is 0.493 e. The molecule has 1 heterocycles. The molecular formula is C44H58O11. The SMILES string of the molecule is CC.COc1ccc(C(O)C(C)Oc2ccc(C3OC(c4ccc(OC(C)C(O)c5ccc(OC)c(OC)c5)c(OC)c4)C(C)C3C)cc2OC)cc1OC. The molecule has 300 valence electrons. The van der Waals surface area contributed by atoms with Crippen molar-refractivity contribution in [1.29, 1.82) is 0 Å². The van der Waals surface area contributed by atoms with Gasteiger partial charge in [0.2, 0.25) is 0 Å². The lowest BCUT2D eigenvalue weighted by Crippen LogP contribution is -2.22. The van der Waals surface area contributed by atoms with Crippen LogP contribution in [-0.4, -0.2) is 65.1 Å². The summed E-state index contributed by atoms with van der Waals surface area (Å²) in [5, 5.41) is 22.2. The molecule has 1 aliphatic rings. The summed E-state index contributed by atoms with van der Waals surface area (Å²) in [6.45, 7) is 12.0. The molecule has 55 heavy (non-hydrogen) atoms. The fraction of sp³-hybridized carbons (Fsp3) is 0.455. The maximum absolute atomic E-state index is 11.1. The van der Waals surface area contributed by atoms with Crippen molar-refractivity contribution in [1.82, 2.24) is 0 Å². The number of ether oxygens (including phenoxy) is 9. The fourth-order valence-electron chi connectivity index (χ4n) is 6.78. The standard InChI is InChI=1S/C42H52O11.C2H6/c1-23-24(2)42(30-14-18-34(38(22-30)50-10)52-26(4)40(44)28-12-16-32(46-6)36(20-28)48-8)53-41(23)29-13-17-33(37(21-29)49-9)51-25(3)39(43)27-11-15-31(45-5)35(19-27)47-7;1-2/h11-26,39-44H,1-10H3;1-2H3. The second-order valence-electron chi connectivity index (χ2n) is 13.3. The number of hydrogen-bond donors (Lipinski definition) is 2. The van der Waals surface area contributed by atoms with E-state index in [1.54, 1.807) is 92.9 Å². The zero-order valence-electron chi connectivity index (χ0n) is 34.1. The summed E-state index contributed by atoms with van der Waals surface area (Å²) in [5.74, 6) is 4.62. The summed E-state index contributed by atoms with van der Waals surface area (Å²) in [6.07, 6.45) is -3.49. The minimum atomic E-state index is -0.932. The van der Waals surface area contributed by atoms with Crippen molar-refractivity contribution in [2.45, 2.75) is 78.2 Å². The van der Waals surface area contributed by atoms with Crippen LogP contribution in [0.25, 0.3) is 0 Å². The highest BCUT2D eigenvalue weighted by Crippen LogP contribution is 2.51. The molecule has 4 aromatic rings. The zero-order chi connectivity index (χ0) is 40.4. The molecule has 8 atom stereocenters. The number of hydrogen-bond acceptors (Lipinski definition) is 11. The molecule has 0 aromatic heterocycles. The van der Waals surface area contributed by atoms with E-state index in [0.29, 0.717) is 57.1 Å². The molecule has 1 saturated heterocycles. The van der Waals surface area contributed by atoms with Gasteiger partial charge in [0.25, 0.3) is 0 Å². The van der Waals surface area contributed by atoms with Crippen molar-refractivity contribution in [3.8, 4) is 46.0 Å². The number of aliphatic hydroxyl groups is 2. The molecule has 4 aromatic carbocycles. The van der Waals surface area contributed by atoms with Gasteiger partial charge >= 0.3 is 0 Å². The maximum atomic E-state index is 11.1. The van der Waals surface area contributed by atoms with E-state index in [9.17, 15) is 10.2 Å². The van der Waals surface area contributed by atoms with E-state index in [1.807, 2.05) is 50.2 Å². The quantitative estimate of drug-likeness (QED) is 0.114. The van der Waals surface area contributed by atoms with E-state index in [4.69, 9.17) is 42.6 Å². The zero-order valence-corrected chi connectivity index (χ0v) is 34.1. The van der Waals surface area contributed by atoms with Crippen molar-refractivity contribution in [2.75, 3.05) is 42.7 Å². The predicted molar refractivity (Wildman–Crippen MR) is 211 cm³/mol. The van der Waals surface area contributed by atoms with Gasteiger partial charge in [0.1, 0.15) is 24.4 Å².